The molecule has 3 heterocycles. The van der Waals surface area contributed by atoms with E-state index in [-0.39, 0.29) is 18.0 Å². The van der Waals surface area contributed by atoms with E-state index in [1.807, 2.05) is 54.4 Å². The molecule has 0 radical (unpaired) electrons. The van der Waals surface area contributed by atoms with E-state index in [0.717, 1.165) is 33.9 Å². The molecule has 0 unspecified atom stereocenters. The van der Waals surface area contributed by atoms with Crippen LogP contribution in [0.15, 0.2) is 72.8 Å². The average molecular weight is 412 g/mol. The topological polar surface area (TPSA) is 50.8 Å². The summed E-state index contributed by atoms with van der Waals surface area (Å²) in [6.45, 7) is 1.13. The Morgan fingerprint density at radius 3 is 2.48 bits per heavy atom. The first-order valence-electron chi connectivity index (χ1n) is 10.8. The molecule has 5 nitrogen and oxygen atoms in total. The van der Waals surface area contributed by atoms with Crippen molar-refractivity contribution < 1.29 is 14.3 Å². The second-order valence-corrected chi connectivity index (χ2v) is 8.52. The van der Waals surface area contributed by atoms with Gasteiger partial charge in [-0.15, -0.1) is 0 Å². The van der Waals surface area contributed by atoms with Gasteiger partial charge in [-0.3, -0.25) is 4.79 Å². The number of anilines is 1. The van der Waals surface area contributed by atoms with Crippen molar-refractivity contribution >= 4 is 11.6 Å². The number of para-hydroxylation sites is 1. The molecular weight excluding hydrogens is 388 g/mol. The van der Waals surface area contributed by atoms with Crippen LogP contribution in [0.1, 0.15) is 35.2 Å². The maximum absolute atomic E-state index is 13.8. The summed E-state index contributed by atoms with van der Waals surface area (Å²) in [4.78, 5) is 15.6. The third-order valence-electron chi connectivity index (χ3n) is 6.92. The van der Waals surface area contributed by atoms with Gasteiger partial charge in [-0.25, -0.2) is 0 Å². The Kier molecular flexibility index (Phi) is 4.08. The molecule has 1 spiro atoms. The van der Waals surface area contributed by atoms with Crippen LogP contribution in [-0.4, -0.2) is 26.2 Å². The van der Waals surface area contributed by atoms with E-state index >= 15 is 0 Å². The summed E-state index contributed by atoms with van der Waals surface area (Å²) in [6.07, 6.45) is 0.687. The minimum atomic E-state index is -0.648. The van der Waals surface area contributed by atoms with Gasteiger partial charge in [0.25, 0.3) is 0 Å². The lowest BCUT2D eigenvalue weighted by Gasteiger charge is -2.30. The fourth-order valence-corrected chi connectivity index (χ4v) is 5.50. The van der Waals surface area contributed by atoms with Crippen LogP contribution in [0.4, 0.5) is 5.69 Å². The molecule has 3 aliphatic heterocycles. The maximum atomic E-state index is 13.8. The summed E-state index contributed by atoms with van der Waals surface area (Å²) in [7, 11) is 1.88. The zero-order valence-electron chi connectivity index (χ0n) is 17.4. The Labute approximate surface area is 181 Å². The normalized spacial score (nSPS) is 26.4. The number of hydrogen-bond acceptors (Lipinski definition) is 4. The van der Waals surface area contributed by atoms with Gasteiger partial charge in [0, 0.05) is 18.8 Å². The predicted octanol–water partition coefficient (Wildman–Crippen LogP) is 4.15. The van der Waals surface area contributed by atoms with Crippen molar-refractivity contribution in [2.24, 2.45) is 0 Å². The van der Waals surface area contributed by atoms with Gasteiger partial charge in [0.05, 0.1) is 11.5 Å². The Hall–Kier alpha value is -3.31. The van der Waals surface area contributed by atoms with Crippen LogP contribution >= 0.6 is 0 Å². The molecular formula is C26H24N2O3. The van der Waals surface area contributed by atoms with Crippen LogP contribution in [0.25, 0.3) is 0 Å². The van der Waals surface area contributed by atoms with E-state index in [4.69, 9.17) is 9.47 Å². The number of amides is 1. The molecule has 5 heteroatoms. The molecule has 6 rings (SSSR count). The SMILES string of the molecule is CN1C(=O)[C@@]2(C[C@H](c3ccc4c(c3)OCCO4)N[C@@H]2c2ccccc2)c2ccccc21. The molecule has 3 atom stereocenters. The van der Waals surface area contributed by atoms with E-state index in [1.165, 1.54) is 0 Å². The summed E-state index contributed by atoms with van der Waals surface area (Å²) in [5.74, 6) is 1.71. The molecule has 3 aromatic rings. The molecule has 1 N–H and O–H groups in total. The van der Waals surface area contributed by atoms with Gasteiger partial charge in [0.2, 0.25) is 5.91 Å². The smallest absolute Gasteiger partial charge is 0.239 e. The van der Waals surface area contributed by atoms with Crippen molar-refractivity contribution in [3.8, 4) is 11.5 Å². The fraction of sp³-hybridized carbons (Fsp3) is 0.269. The van der Waals surface area contributed by atoms with Gasteiger partial charge in [-0.1, -0.05) is 54.6 Å². The molecule has 0 bridgehead atoms. The third kappa shape index (κ3) is 2.63. The lowest BCUT2D eigenvalue weighted by molar-refractivity contribution is -0.123. The first kappa shape index (κ1) is 18.5. The van der Waals surface area contributed by atoms with Crippen LogP contribution in [0.5, 0.6) is 11.5 Å². The standard InChI is InChI=1S/C26H24N2O3/c1-28-21-10-6-5-9-19(21)26(25(28)29)16-20(27-24(26)17-7-3-2-4-8-17)18-11-12-22-23(15-18)31-14-13-30-22/h2-12,15,20,24,27H,13-14,16H2,1H3/t20-,24-,26+/m1/s1. The molecule has 156 valence electrons. The van der Waals surface area contributed by atoms with Crippen LogP contribution in [-0.2, 0) is 10.2 Å². The Bertz CT molecular complexity index is 1160. The number of nitrogens with zero attached hydrogens (tertiary/aromatic N) is 1. The fourth-order valence-electron chi connectivity index (χ4n) is 5.50. The highest BCUT2D eigenvalue weighted by atomic mass is 16.6. The van der Waals surface area contributed by atoms with E-state index < -0.39 is 5.41 Å². The van der Waals surface area contributed by atoms with Crippen molar-refractivity contribution in [2.45, 2.75) is 23.9 Å². The maximum Gasteiger partial charge on any atom is 0.239 e. The number of carbonyl (C=O) groups excluding carboxylic acids is 1. The van der Waals surface area contributed by atoms with Crippen LogP contribution in [0.3, 0.4) is 0 Å². The van der Waals surface area contributed by atoms with Gasteiger partial charge in [0.15, 0.2) is 11.5 Å². The quantitative estimate of drug-likeness (QED) is 0.687. The first-order valence-corrected chi connectivity index (χ1v) is 10.8. The molecule has 3 aliphatic rings. The van der Waals surface area contributed by atoms with Crippen LogP contribution in [0, 0.1) is 0 Å². The molecule has 3 aromatic carbocycles. The molecule has 1 amide bonds. The Morgan fingerprint density at radius 2 is 1.65 bits per heavy atom. The van der Waals surface area contributed by atoms with Crippen molar-refractivity contribution in [1.29, 1.82) is 0 Å². The van der Waals surface area contributed by atoms with Gasteiger partial charge in [-0.05, 0) is 41.3 Å². The van der Waals surface area contributed by atoms with E-state index in [0.29, 0.717) is 19.6 Å². The molecule has 0 saturated carbocycles. The third-order valence-corrected chi connectivity index (χ3v) is 6.92. The predicted molar refractivity (Wildman–Crippen MR) is 119 cm³/mol. The number of ether oxygens (including phenoxy) is 2. The molecule has 0 aromatic heterocycles. The lowest BCUT2D eigenvalue weighted by atomic mass is 9.72. The van der Waals surface area contributed by atoms with Crippen LogP contribution in [0.2, 0.25) is 0 Å². The molecule has 1 saturated heterocycles. The summed E-state index contributed by atoms with van der Waals surface area (Å²) in [5, 5.41) is 3.81. The van der Waals surface area contributed by atoms with Crippen molar-refractivity contribution in [1.82, 2.24) is 5.32 Å². The minimum Gasteiger partial charge on any atom is -0.486 e. The summed E-state index contributed by atoms with van der Waals surface area (Å²) in [5.41, 5.74) is 3.69. The Balaban J connectivity index is 1.48. The van der Waals surface area contributed by atoms with Gasteiger partial charge in [0.1, 0.15) is 13.2 Å². The van der Waals surface area contributed by atoms with E-state index in [9.17, 15) is 4.79 Å². The second-order valence-electron chi connectivity index (χ2n) is 8.52. The van der Waals surface area contributed by atoms with Crippen LogP contribution < -0.4 is 19.7 Å². The average Bonchev–Trinajstić information content (AvgIpc) is 3.33. The number of likely N-dealkylation sites (N-methyl/N-ethyl adjacent to an activating group) is 1. The van der Waals surface area contributed by atoms with Gasteiger partial charge in [-0.2, -0.15) is 0 Å². The van der Waals surface area contributed by atoms with Gasteiger partial charge < -0.3 is 19.7 Å². The number of nitrogens with one attached hydrogen (secondary N) is 1. The summed E-state index contributed by atoms with van der Waals surface area (Å²) in [6, 6.07) is 24.5. The largest absolute Gasteiger partial charge is 0.486 e. The van der Waals surface area contributed by atoms with Crippen molar-refractivity contribution in [2.75, 3.05) is 25.2 Å². The van der Waals surface area contributed by atoms with Crippen molar-refractivity contribution in [3.05, 3.63) is 89.5 Å². The highest BCUT2D eigenvalue weighted by molar-refractivity contribution is 6.08. The molecule has 1 fully saturated rings. The highest BCUT2D eigenvalue weighted by Gasteiger charge is 2.59. The monoisotopic (exact) mass is 412 g/mol. The zero-order valence-corrected chi connectivity index (χ0v) is 17.4. The minimum absolute atomic E-state index is 0.0181. The number of carbonyl (C=O) groups is 1. The first-order chi connectivity index (χ1) is 15.2. The number of fused-ring (bicyclic) bond motifs is 3. The number of benzene rings is 3. The molecule has 31 heavy (non-hydrogen) atoms. The van der Waals surface area contributed by atoms with E-state index in [2.05, 4.69) is 35.6 Å². The summed E-state index contributed by atoms with van der Waals surface area (Å²) >= 11 is 0. The Morgan fingerprint density at radius 1 is 0.903 bits per heavy atom. The number of hydrogen-bond donors (Lipinski definition) is 1. The van der Waals surface area contributed by atoms with E-state index in [1.54, 1.807) is 0 Å². The number of rotatable bonds is 2. The summed E-state index contributed by atoms with van der Waals surface area (Å²) < 4.78 is 11.5. The van der Waals surface area contributed by atoms with Crippen molar-refractivity contribution in [3.63, 3.8) is 0 Å². The highest BCUT2D eigenvalue weighted by Crippen LogP contribution is 2.57. The molecule has 0 aliphatic carbocycles. The zero-order chi connectivity index (χ0) is 21.0. The lowest BCUT2D eigenvalue weighted by Crippen LogP contribution is -2.42. The second kappa shape index (κ2) is 6.86. The van der Waals surface area contributed by atoms with Gasteiger partial charge >= 0.3 is 0 Å².